The number of carbonyl (C=O) groups excluding carboxylic acids is 1. The molecule has 0 saturated heterocycles. The van der Waals surface area contributed by atoms with Gasteiger partial charge in [0.15, 0.2) is 6.61 Å². The lowest BCUT2D eigenvalue weighted by molar-refractivity contribution is -0.142. The molecule has 0 rings (SSSR count). The fraction of sp³-hybridized carbons (Fsp3) is 0.789. The van der Waals surface area contributed by atoms with Crippen molar-refractivity contribution >= 4 is 5.97 Å². The Kier molecular flexibility index (Phi) is 16.8. The van der Waals surface area contributed by atoms with E-state index in [4.69, 9.17) is 14.9 Å². The molecule has 1 atom stereocenters. The monoisotopic (exact) mass is 327 g/mol. The number of aliphatic hydroxyl groups is 2. The highest BCUT2D eigenvalue weighted by atomic mass is 16.5. The minimum absolute atomic E-state index is 0.344. The predicted octanol–water partition coefficient (Wildman–Crippen LogP) is 4.30. The Bertz CT molecular complexity index is 289. The molecule has 1 unspecified atom stereocenters. The van der Waals surface area contributed by atoms with Gasteiger partial charge in [0.25, 0.3) is 0 Å². The first-order valence-corrected chi connectivity index (χ1v) is 9.17. The Balaban J connectivity index is 3.24. The first kappa shape index (κ1) is 22.1. The van der Waals surface area contributed by atoms with Crippen LogP contribution in [-0.2, 0) is 9.53 Å². The summed E-state index contributed by atoms with van der Waals surface area (Å²) in [7, 11) is 0. The highest BCUT2D eigenvalue weighted by Crippen LogP contribution is 2.09. The molecule has 23 heavy (non-hydrogen) atoms. The molecule has 0 amide bonds. The SMILES string of the molecule is CCCCCC/C=C\CCCCCCCC(=O)O[CH]C(O)CO. The van der Waals surface area contributed by atoms with E-state index in [1.807, 2.05) is 0 Å². The molecule has 1 radical (unpaired) electrons. The number of hydrogen-bond acceptors (Lipinski definition) is 4. The number of rotatable bonds is 16. The number of hydrogen-bond donors (Lipinski definition) is 2. The molecule has 0 bridgehead atoms. The van der Waals surface area contributed by atoms with Crippen LogP contribution in [0, 0.1) is 6.61 Å². The molecular weight excluding hydrogens is 292 g/mol. The van der Waals surface area contributed by atoms with Crippen LogP contribution in [0.15, 0.2) is 12.2 Å². The number of allylic oxidation sites excluding steroid dienone is 2. The first-order chi connectivity index (χ1) is 11.2. The van der Waals surface area contributed by atoms with Gasteiger partial charge < -0.3 is 14.9 Å². The molecule has 0 aliphatic rings. The normalized spacial score (nSPS) is 12.7. The molecule has 0 aromatic carbocycles. The van der Waals surface area contributed by atoms with E-state index in [-0.39, 0.29) is 5.97 Å². The summed E-state index contributed by atoms with van der Waals surface area (Å²) in [4.78, 5) is 11.3. The highest BCUT2D eigenvalue weighted by Gasteiger charge is 2.08. The van der Waals surface area contributed by atoms with Gasteiger partial charge in [0.1, 0.15) is 6.10 Å². The second-order valence-electron chi connectivity index (χ2n) is 6.00. The molecule has 135 valence electrons. The Morgan fingerprint density at radius 1 is 0.957 bits per heavy atom. The van der Waals surface area contributed by atoms with Gasteiger partial charge in [0.05, 0.1) is 6.61 Å². The van der Waals surface area contributed by atoms with Crippen LogP contribution in [0.5, 0.6) is 0 Å². The Morgan fingerprint density at radius 2 is 1.52 bits per heavy atom. The van der Waals surface area contributed by atoms with Gasteiger partial charge in [-0.2, -0.15) is 0 Å². The quantitative estimate of drug-likeness (QED) is 0.252. The van der Waals surface area contributed by atoms with Gasteiger partial charge in [-0.3, -0.25) is 4.79 Å². The van der Waals surface area contributed by atoms with E-state index in [9.17, 15) is 4.79 Å². The molecule has 0 aromatic rings. The number of carbonyl (C=O) groups is 1. The molecule has 0 aliphatic heterocycles. The smallest absolute Gasteiger partial charge is 0.306 e. The maximum atomic E-state index is 11.3. The number of unbranched alkanes of at least 4 members (excludes halogenated alkanes) is 9. The molecule has 0 saturated carbocycles. The van der Waals surface area contributed by atoms with Crippen LogP contribution in [0.2, 0.25) is 0 Å². The van der Waals surface area contributed by atoms with Crippen molar-refractivity contribution < 1.29 is 19.7 Å². The molecule has 0 aromatic heterocycles. The van der Waals surface area contributed by atoms with Crippen LogP contribution in [0.25, 0.3) is 0 Å². The summed E-state index contributed by atoms with van der Waals surface area (Å²) < 4.78 is 4.72. The first-order valence-electron chi connectivity index (χ1n) is 9.17. The van der Waals surface area contributed by atoms with Gasteiger partial charge in [0, 0.05) is 6.42 Å². The maximum absolute atomic E-state index is 11.3. The predicted molar refractivity (Wildman–Crippen MR) is 93.7 cm³/mol. The molecule has 0 fully saturated rings. The van der Waals surface area contributed by atoms with Gasteiger partial charge in [-0.15, -0.1) is 0 Å². The molecule has 4 heteroatoms. The van der Waals surface area contributed by atoms with Gasteiger partial charge >= 0.3 is 5.97 Å². The lowest BCUT2D eigenvalue weighted by Crippen LogP contribution is -2.16. The minimum Gasteiger partial charge on any atom is -0.455 e. The largest absolute Gasteiger partial charge is 0.455 e. The van der Waals surface area contributed by atoms with Gasteiger partial charge in [0.2, 0.25) is 0 Å². The zero-order chi connectivity index (χ0) is 17.2. The zero-order valence-electron chi connectivity index (χ0n) is 14.7. The van der Waals surface area contributed by atoms with Gasteiger partial charge in [-0.1, -0.05) is 57.6 Å². The summed E-state index contributed by atoms with van der Waals surface area (Å²) in [6, 6.07) is 0. The van der Waals surface area contributed by atoms with Crippen LogP contribution < -0.4 is 0 Å². The molecule has 2 N–H and O–H groups in total. The maximum Gasteiger partial charge on any atom is 0.306 e. The van der Waals surface area contributed by atoms with Crippen LogP contribution in [-0.4, -0.2) is 28.9 Å². The Hall–Kier alpha value is -0.870. The average molecular weight is 327 g/mol. The molecule has 0 heterocycles. The standard InChI is InChI=1S/C19H35O4/c1-2-3-4-5-6-7-8-9-10-11-12-13-14-15-19(22)23-17-18(21)16-20/h7-8,17-18,20-21H,2-6,9-16H2,1H3/b8-7-. The van der Waals surface area contributed by atoms with Crippen LogP contribution in [0.1, 0.15) is 84.0 Å². The number of esters is 1. The second-order valence-corrected chi connectivity index (χ2v) is 6.00. The topological polar surface area (TPSA) is 66.8 Å². The summed E-state index contributed by atoms with van der Waals surface area (Å²) in [6.45, 7) is 2.79. The lowest BCUT2D eigenvalue weighted by Gasteiger charge is -2.07. The molecule has 0 spiro atoms. The second kappa shape index (κ2) is 17.5. The number of aliphatic hydroxyl groups excluding tert-OH is 2. The van der Waals surface area contributed by atoms with Gasteiger partial charge in [-0.25, -0.2) is 0 Å². The number of ether oxygens (including phenoxy) is 1. The third-order valence-corrected chi connectivity index (χ3v) is 3.69. The summed E-state index contributed by atoms with van der Waals surface area (Å²) in [5, 5.41) is 17.6. The minimum atomic E-state index is -1.08. The van der Waals surface area contributed by atoms with Crippen molar-refractivity contribution in [1.29, 1.82) is 0 Å². The summed E-state index contributed by atoms with van der Waals surface area (Å²) in [5.74, 6) is -0.344. The van der Waals surface area contributed by atoms with E-state index in [0.29, 0.717) is 6.42 Å². The summed E-state index contributed by atoms with van der Waals surface area (Å²) >= 11 is 0. The third kappa shape index (κ3) is 17.3. The molecule has 0 aliphatic carbocycles. The van der Waals surface area contributed by atoms with Crippen LogP contribution >= 0.6 is 0 Å². The molecule has 4 nitrogen and oxygen atoms in total. The van der Waals surface area contributed by atoms with Crippen molar-refractivity contribution in [3.8, 4) is 0 Å². The van der Waals surface area contributed by atoms with E-state index in [1.165, 1.54) is 44.9 Å². The van der Waals surface area contributed by atoms with E-state index < -0.39 is 12.7 Å². The lowest BCUT2D eigenvalue weighted by atomic mass is 10.1. The van der Waals surface area contributed by atoms with E-state index in [0.717, 1.165) is 32.3 Å². The highest BCUT2D eigenvalue weighted by molar-refractivity contribution is 5.69. The fourth-order valence-corrected chi connectivity index (χ4v) is 2.24. The van der Waals surface area contributed by atoms with Crippen molar-refractivity contribution in [2.45, 2.75) is 90.1 Å². The van der Waals surface area contributed by atoms with Crippen molar-refractivity contribution in [3.63, 3.8) is 0 Å². The van der Waals surface area contributed by atoms with E-state index >= 15 is 0 Å². The van der Waals surface area contributed by atoms with E-state index in [1.54, 1.807) is 0 Å². The van der Waals surface area contributed by atoms with E-state index in [2.05, 4.69) is 19.1 Å². The van der Waals surface area contributed by atoms with Crippen LogP contribution in [0.4, 0.5) is 0 Å². The fourth-order valence-electron chi connectivity index (χ4n) is 2.24. The van der Waals surface area contributed by atoms with Crippen LogP contribution in [0.3, 0.4) is 0 Å². The van der Waals surface area contributed by atoms with Gasteiger partial charge in [-0.05, 0) is 32.1 Å². The van der Waals surface area contributed by atoms with Crippen molar-refractivity contribution in [3.05, 3.63) is 18.8 Å². The zero-order valence-corrected chi connectivity index (χ0v) is 14.7. The summed E-state index contributed by atoms with van der Waals surface area (Å²) in [6.07, 6.45) is 17.0. The van der Waals surface area contributed by atoms with Crippen molar-refractivity contribution in [2.24, 2.45) is 0 Å². The van der Waals surface area contributed by atoms with Crippen molar-refractivity contribution in [1.82, 2.24) is 0 Å². The van der Waals surface area contributed by atoms with Crippen molar-refractivity contribution in [2.75, 3.05) is 6.61 Å². The average Bonchev–Trinajstić information content (AvgIpc) is 2.56. The molecular formula is C19H35O4. The third-order valence-electron chi connectivity index (χ3n) is 3.69. The summed E-state index contributed by atoms with van der Waals surface area (Å²) in [5.41, 5.74) is 0. The Labute approximate surface area is 141 Å². The Morgan fingerprint density at radius 3 is 2.13 bits per heavy atom.